The average molecular weight is 367 g/mol. The molecule has 3 unspecified atom stereocenters. The van der Waals surface area contributed by atoms with Gasteiger partial charge in [0.2, 0.25) is 11.8 Å². The second-order valence-electron chi connectivity index (χ2n) is 8.05. The van der Waals surface area contributed by atoms with Crippen LogP contribution in [0.25, 0.3) is 0 Å². The Kier molecular flexibility index (Phi) is 8.39. The standard InChI is InChI=1S/C20H34N2O4/c1-14(21-18(23)13-15-9-5-4-6-10-15)19(24)22-17-12-8-3-2-7-11-16(17)20(25)26/h14-17H,2-13H2,1H3,(H,21,23)(H,22,24)(H,25,26). The zero-order valence-electron chi connectivity index (χ0n) is 16.0. The summed E-state index contributed by atoms with van der Waals surface area (Å²) in [4.78, 5) is 36.3. The summed E-state index contributed by atoms with van der Waals surface area (Å²) in [5, 5.41) is 15.2. The molecule has 0 bridgehead atoms. The van der Waals surface area contributed by atoms with Crippen molar-refractivity contribution in [2.24, 2.45) is 11.8 Å². The number of aliphatic carboxylic acids is 1. The molecule has 2 saturated carbocycles. The van der Waals surface area contributed by atoms with Gasteiger partial charge in [-0.25, -0.2) is 0 Å². The summed E-state index contributed by atoms with van der Waals surface area (Å²) in [6, 6.07) is -0.982. The summed E-state index contributed by atoms with van der Waals surface area (Å²) < 4.78 is 0. The van der Waals surface area contributed by atoms with E-state index in [4.69, 9.17) is 0 Å². The lowest BCUT2D eigenvalue weighted by atomic mass is 9.86. The quantitative estimate of drug-likeness (QED) is 0.673. The van der Waals surface area contributed by atoms with Crippen molar-refractivity contribution in [3.05, 3.63) is 0 Å². The third-order valence-electron chi connectivity index (χ3n) is 5.88. The number of rotatable bonds is 6. The lowest BCUT2D eigenvalue weighted by molar-refractivity contribution is -0.144. The van der Waals surface area contributed by atoms with Crippen LogP contribution in [-0.2, 0) is 14.4 Å². The molecule has 26 heavy (non-hydrogen) atoms. The fourth-order valence-electron chi connectivity index (χ4n) is 4.28. The van der Waals surface area contributed by atoms with Crippen LogP contribution < -0.4 is 10.6 Å². The zero-order valence-corrected chi connectivity index (χ0v) is 16.0. The number of carboxylic acids is 1. The minimum atomic E-state index is -0.841. The molecule has 2 aliphatic carbocycles. The summed E-state index contributed by atoms with van der Waals surface area (Å²) in [5.41, 5.74) is 0. The first-order chi connectivity index (χ1) is 12.5. The first kappa shape index (κ1) is 20.7. The van der Waals surface area contributed by atoms with Gasteiger partial charge in [0.15, 0.2) is 0 Å². The van der Waals surface area contributed by atoms with Gasteiger partial charge in [-0.15, -0.1) is 0 Å². The summed E-state index contributed by atoms with van der Waals surface area (Å²) >= 11 is 0. The highest BCUT2D eigenvalue weighted by atomic mass is 16.4. The van der Waals surface area contributed by atoms with E-state index < -0.39 is 17.9 Å². The smallest absolute Gasteiger partial charge is 0.308 e. The largest absolute Gasteiger partial charge is 0.481 e. The van der Waals surface area contributed by atoms with Gasteiger partial charge >= 0.3 is 5.97 Å². The number of carbonyl (C=O) groups is 3. The van der Waals surface area contributed by atoms with Gasteiger partial charge in [0.05, 0.1) is 5.92 Å². The van der Waals surface area contributed by atoms with E-state index in [2.05, 4.69) is 10.6 Å². The van der Waals surface area contributed by atoms with E-state index in [9.17, 15) is 19.5 Å². The zero-order chi connectivity index (χ0) is 18.9. The van der Waals surface area contributed by atoms with Crippen LogP contribution in [0.1, 0.15) is 84.0 Å². The molecule has 0 saturated heterocycles. The topological polar surface area (TPSA) is 95.5 Å². The van der Waals surface area contributed by atoms with Crippen LogP contribution in [0, 0.1) is 11.8 Å². The highest BCUT2D eigenvalue weighted by molar-refractivity contribution is 5.87. The lowest BCUT2D eigenvalue weighted by Crippen LogP contribution is -2.51. The van der Waals surface area contributed by atoms with Crippen molar-refractivity contribution in [3.8, 4) is 0 Å². The number of carboxylic acid groups (broad SMARTS) is 1. The molecule has 0 aromatic carbocycles. The van der Waals surface area contributed by atoms with E-state index in [1.165, 1.54) is 19.3 Å². The van der Waals surface area contributed by atoms with Crippen LogP contribution in [0.2, 0.25) is 0 Å². The van der Waals surface area contributed by atoms with Crippen LogP contribution in [-0.4, -0.2) is 35.0 Å². The van der Waals surface area contributed by atoms with Crippen LogP contribution in [0.4, 0.5) is 0 Å². The highest BCUT2D eigenvalue weighted by Gasteiger charge is 2.31. The summed E-state index contributed by atoms with van der Waals surface area (Å²) in [6.45, 7) is 1.67. The number of hydrogen-bond donors (Lipinski definition) is 3. The summed E-state index contributed by atoms with van der Waals surface area (Å²) in [5.74, 6) is -1.30. The van der Waals surface area contributed by atoms with E-state index in [0.29, 0.717) is 25.2 Å². The lowest BCUT2D eigenvalue weighted by Gasteiger charge is -2.28. The minimum absolute atomic E-state index is 0.0769. The van der Waals surface area contributed by atoms with Gasteiger partial charge < -0.3 is 15.7 Å². The normalized spacial score (nSPS) is 26.2. The van der Waals surface area contributed by atoms with Crippen molar-refractivity contribution in [2.45, 2.75) is 96.1 Å². The molecule has 0 radical (unpaired) electrons. The fourth-order valence-corrected chi connectivity index (χ4v) is 4.28. The van der Waals surface area contributed by atoms with Gasteiger partial charge in [-0.3, -0.25) is 14.4 Å². The molecule has 0 aromatic rings. The molecular weight excluding hydrogens is 332 g/mol. The Bertz CT molecular complexity index is 488. The van der Waals surface area contributed by atoms with Gasteiger partial charge in [-0.1, -0.05) is 44.9 Å². The van der Waals surface area contributed by atoms with Crippen molar-refractivity contribution < 1.29 is 19.5 Å². The molecule has 2 rings (SSSR count). The average Bonchev–Trinajstić information content (AvgIpc) is 2.57. The molecule has 148 valence electrons. The van der Waals surface area contributed by atoms with Gasteiger partial charge in [-0.05, 0) is 38.5 Å². The molecule has 2 fully saturated rings. The molecule has 6 nitrogen and oxygen atoms in total. The van der Waals surface area contributed by atoms with Crippen LogP contribution in [0.3, 0.4) is 0 Å². The van der Waals surface area contributed by atoms with E-state index in [0.717, 1.165) is 38.5 Å². The fraction of sp³-hybridized carbons (Fsp3) is 0.850. The molecular formula is C20H34N2O4. The second kappa shape index (κ2) is 10.5. The number of hydrogen-bond acceptors (Lipinski definition) is 3. The molecule has 2 amide bonds. The van der Waals surface area contributed by atoms with Gasteiger partial charge in [0.25, 0.3) is 0 Å². The van der Waals surface area contributed by atoms with Crippen molar-refractivity contribution in [2.75, 3.05) is 0 Å². The predicted octanol–water partition coefficient (Wildman–Crippen LogP) is 3.00. The van der Waals surface area contributed by atoms with Gasteiger partial charge in [0.1, 0.15) is 6.04 Å². The van der Waals surface area contributed by atoms with E-state index in [1.54, 1.807) is 6.92 Å². The predicted molar refractivity (Wildman–Crippen MR) is 99.6 cm³/mol. The first-order valence-electron chi connectivity index (χ1n) is 10.3. The SMILES string of the molecule is CC(NC(=O)CC1CCCCC1)C(=O)NC1CCCCCCC1C(=O)O. The first-order valence-corrected chi connectivity index (χ1v) is 10.3. The Balaban J connectivity index is 1.83. The van der Waals surface area contributed by atoms with Gasteiger partial charge in [0, 0.05) is 12.5 Å². The van der Waals surface area contributed by atoms with E-state index >= 15 is 0 Å². The molecule has 2 aliphatic rings. The number of amides is 2. The van der Waals surface area contributed by atoms with Crippen LogP contribution >= 0.6 is 0 Å². The molecule has 3 atom stereocenters. The maximum absolute atomic E-state index is 12.5. The van der Waals surface area contributed by atoms with E-state index in [-0.39, 0.29) is 17.9 Å². The summed E-state index contributed by atoms with van der Waals surface area (Å²) in [6.07, 6.45) is 11.5. The third kappa shape index (κ3) is 6.61. The summed E-state index contributed by atoms with van der Waals surface area (Å²) in [7, 11) is 0. The van der Waals surface area contributed by atoms with Crippen molar-refractivity contribution in [1.82, 2.24) is 10.6 Å². The Morgan fingerprint density at radius 1 is 0.923 bits per heavy atom. The van der Waals surface area contributed by atoms with Crippen molar-refractivity contribution >= 4 is 17.8 Å². The Labute approximate surface area is 156 Å². The number of carbonyl (C=O) groups excluding carboxylic acids is 2. The second-order valence-corrected chi connectivity index (χ2v) is 8.05. The molecule has 3 N–H and O–H groups in total. The van der Waals surface area contributed by atoms with Crippen LogP contribution in [0.5, 0.6) is 0 Å². The maximum atomic E-state index is 12.5. The monoisotopic (exact) mass is 366 g/mol. The minimum Gasteiger partial charge on any atom is -0.481 e. The third-order valence-corrected chi connectivity index (χ3v) is 5.88. The number of nitrogens with one attached hydrogen (secondary N) is 2. The molecule has 6 heteroatoms. The Morgan fingerprint density at radius 3 is 2.15 bits per heavy atom. The Hall–Kier alpha value is -1.59. The van der Waals surface area contributed by atoms with Crippen molar-refractivity contribution in [3.63, 3.8) is 0 Å². The van der Waals surface area contributed by atoms with Crippen LogP contribution in [0.15, 0.2) is 0 Å². The highest BCUT2D eigenvalue weighted by Crippen LogP contribution is 2.26. The molecule has 0 aliphatic heterocycles. The van der Waals surface area contributed by atoms with Crippen molar-refractivity contribution in [1.29, 1.82) is 0 Å². The maximum Gasteiger partial charge on any atom is 0.308 e. The van der Waals surface area contributed by atoms with Gasteiger partial charge in [-0.2, -0.15) is 0 Å². The molecule has 0 spiro atoms. The molecule has 0 aromatic heterocycles. The Morgan fingerprint density at radius 2 is 1.50 bits per heavy atom. The van der Waals surface area contributed by atoms with E-state index in [1.807, 2.05) is 0 Å². The molecule has 0 heterocycles.